The second-order valence-corrected chi connectivity index (χ2v) is 19.8. The van der Waals surface area contributed by atoms with Gasteiger partial charge in [-0.15, -0.1) is 0 Å². The number of esters is 1. The number of hydrogen-bond donors (Lipinski definition) is 6. The maximum atomic E-state index is 12.9. The van der Waals surface area contributed by atoms with Crippen molar-refractivity contribution in [3.8, 4) is 0 Å². The third kappa shape index (κ3) is 34.6. The average molecular weight is 957 g/mol. The van der Waals surface area contributed by atoms with Crippen LogP contribution in [0.5, 0.6) is 0 Å². The van der Waals surface area contributed by atoms with Crippen LogP contribution in [0, 0.1) is 0 Å². The Kier molecular flexibility index (Phi) is 40.9. The average Bonchev–Trinajstić information content (AvgIpc) is 3.30. The Bertz CT molecular complexity index is 1270. The van der Waals surface area contributed by atoms with Crippen LogP contribution >= 0.6 is 7.82 Å². The van der Waals surface area contributed by atoms with Gasteiger partial charge in [0, 0.05) is 13.0 Å². The lowest BCUT2D eigenvalue weighted by Crippen LogP contribution is -2.64. The summed E-state index contributed by atoms with van der Waals surface area (Å²) in [5, 5.41) is 50.3. The molecule has 0 aromatic rings. The molecule has 13 heteroatoms. The molecule has 1 aliphatic rings. The number of aliphatic hydroxyl groups is 5. The topological polar surface area (TPSA) is 192 Å². The third-order valence-corrected chi connectivity index (χ3v) is 13.2. The molecular weight excluding hydrogens is 860 g/mol. The van der Waals surface area contributed by atoms with E-state index in [9.17, 15) is 39.8 Å². The van der Waals surface area contributed by atoms with Gasteiger partial charge in [-0.05, 0) is 51.4 Å². The van der Waals surface area contributed by atoms with Gasteiger partial charge in [-0.1, -0.05) is 210 Å². The molecule has 6 atom stereocenters. The first-order valence-electron chi connectivity index (χ1n) is 26.5. The molecule has 0 saturated heterocycles. The Balaban J connectivity index is 2.33. The number of carbonyl (C=O) groups excluding carboxylic acids is 1. The number of phosphoric acid groups is 1. The highest BCUT2D eigenvalue weighted by atomic mass is 31.2. The number of allylic oxidation sites excluding steroid dienone is 8. The Labute approximate surface area is 401 Å². The minimum Gasteiger partial charge on any atom is -0.457 e. The van der Waals surface area contributed by atoms with Gasteiger partial charge in [-0.25, -0.2) is 4.57 Å². The van der Waals surface area contributed by atoms with E-state index in [0.717, 1.165) is 83.5 Å². The van der Waals surface area contributed by atoms with Crippen molar-refractivity contribution in [2.45, 2.75) is 262 Å². The van der Waals surface area contributed by atoms with E-state index in [1.807, 2.05) is 0 Å². The molecule has 6 N–H and O–H groups in total. The van der Waals surface area contributed by atoms with E-state index in [1.165, 1.54) is 109 Å². The largest absolute Gasteiger partial charge is 0.472 e. The first kappa shape index (κ1) is 62.3. The van der Waals surface area contributed by atoms with E-state index < -0.39 is 63.1 Å². The van der Waals surface area contributed by atoms with Crippen molar-refractivity contribution >= 4 is 13.8 Å². The van der Waals surface area contributed by atoms with E-state index in [0.29, 0.717) is 13.0 Å². The smallest absolute Gasteiger partial charge is 0.457 e. The zero-order valence-corrected chi connectivity index (χ0v) is 42.4. The molecule has 386 valence electrons. The van der Waals surface area contributed by atoms with Gasteiger partial charge in [0.05, 0.1) is 13.2 Å². The quantitative estimate of drug-likeness (QED) is 0.0147. The molecule has 1 rings (SSSR count). The number of carbonyl (C=O) groups is 1. The molecule has 0 bridgehead atoms. The molecule has 0 amide bonds. The standard InChI is InChI=1S/C53H97O12P/c1-3-5-7-9-11-13-15-17-19-21-23-25-27-29-31-33-35-37-39-41-43-62-44-46(45-63-66(60,61)65-53-51(58)49(56)48(55)50(57)52(53)59)64-47(54)42-40-38-36-34-32-30-28-26-24-22-20-18-16-14-12-10-8-6-4-2/h6,8,12,14,18,20,24,26,46,48-53,55-59H,3-5,7,9-11,13,15-17,19,21-23,25,27-45H2,1-2H3,(H,60,61)/b8-6-,14-12-,20-18-,26-24-. The minimum absolute atomic E-state index is 0.0809. The highest BCUT2D eigenvalue weighted by molar-refractivity contribution is 7.47. The molecular formula is C53H97O12P. The van der Waals surface area contributed by atoms with Crippen LogP contribution < -0.4 is 0 Å². The fraction of sp³-hybridized carbons (Fsp3) is 0.830. The van der Waals surface area contributed by atoms with Gasteiger partial charge in [-0.3, -0.25) is 13.8 Å². The number of hydrogen-bond acceptors (Lipinski definition) is 11. The second-order valence-electron chi connectivity index (χ2n) is 18.4. The van der Waals surface area contributed by atoms with Crippen LogP contribution in [0.25, 0.3) is 0 Å². The number of phosphoric ester groups is 1. The van der Waals surface area contributed by atoms with Gasteiger partial charge in [0.25, 0.3) is 0 Å². The zero-order valence-electron chi connectivity index (χ0n) is 41.5. The lowest BCUT2D eigenvalue weighted by Gasteiger charge is -2.41. The van der Waals surface area contributed by atoms with Crippen molar-refractivity contribution in [1.29, 1.82) is 0 Å². The van der Waals surface area contributed by atoms with Crippen LogP contribution in [0.4, 0.5) is 0 Å². The summed E-state index contributed by atoms with van der Waals surface area (Å²) in [4.78, 5) is 23.3. The lowest BCUT2D eigenvalue weighted by atomic mass is 9.85. The first-order valence-corrected chi connectivity index (χ1v) is 28.0. The fourth-order valence-electron chi connectivity index (χ4n) is 8.05. The summed E-state index contributed by atoms with van der Waals surface area (Å²) in [6.45, 7) is 4.17. The van der Waals surface area contributed by atoms with Gasteiger partial charge < -0.3 is 39.9 Å². The van der Waals surface area contributed by atoms with Gasteiger partial charge in [0.1, 0.15) is 42.7 Å². The maximum absolute atomic E-state index is 12.9. The van der Waals surface area contributed by atoms with Crippen molar-refractivity contribution in [3.63, 3.8) is 0 Å². The SMILES string of the molecule is CC/C=C\C/C=C\C/C=C\C/C=C\CCCCCCCCC(=O)OC(COCCCCCCCCCCCCCCCCCCCCCC)COP(=O)(O)OC1C(O)C(O)C(O)C(O)C1O. The molecule has 12 nitrogen and oxygen atoms in total. The number of rotatable bonds is 45. The fourth-order valence-corrected chi connectivity index (χ4v) is 9.03. The van der Waals surface area contributed by atoms with Crippen LogP contribution in [0.3, 0.4) is 0 Å². The normalized spacial score (nSPS) is 21.8. The van der Waals surface area contributed by atoms with Crippen molar-refractivity contribution in [3.05, 3.63) is 48.6 Å². The van der Waals surface area contributed by atoms with Crippen molar-refractivity contribution < 1.29 is 58.3 Å². The van der Waals surface area contributed by atoms with E-state index in [4.69, 9.17) is 18.5 Å². The molecule has 66 heavy (non-hydrogen) atoms. The Hall–Kier alpha value is -1.70. The van der Waals surface area contributed by atoms with Crippen LogP contribution in [-0.4, -0.2) is 98.9 Å². The second kappa shape index (κ2) is 43.3. The summed E-state index contributed by atoms with van der Waals surface area (Å²) in [6.07, 6.45) is 41.7. The van der Waals surface area contributed by atoms with Crippen LogP contribution in [-0.2, 0) is 27.9 Å². The van der Waals surface area contributed by atoms with E-state index >= 15 is 0 Å². The molecule has 1 aliphatic carbocycles. The van der Waals surface area contributed by atoms with Gasteiger partial charge in [0.15, 0.2) is 0 Å². The van der Waals surface area contributed by atoms with Gasteiger partial charge in [-0.2, -0.15) is 0 Å². The van der Waals surface area contributed by atoms with E-state index in [-0.39, 0.29) is 13.0 Å². The molecule has 0 aromatic carbocycles. The van der Waals surface area contributed by atoms with Crippen LogP contribution in [0.15, 0.2) is 48.6 Å². The highest BCUT2D eigenvalue weighted by Crippen LogP contribution is 2.47. The van der Waals surface area contributed by atoms with Gasteiger partial charge in [0.2, 0.25) is 0 Å². The predicted molar refractivity (Wildman–Crippen MR) is 267 cm³/mol. The van der Waals surface area contributed by atoms with E-state index in [2.05, 4.69) is 62.5 Å². The summed E-state index contributed by atoms with van der Waals surface area (Å²) in [5.41, 5.74) is 0. The zero-order chi connectivity index (χ0) is 48.4. The maximum Gasteiger partial charge on any atom is 0.472 e. The summed E-state index contributed by atoms with van der Waals surface area (Å²) in [7, 11) is -5.03. The van der Waals surface area contributed by atoms with Crippen molar-refractivity contribution in [2.24, 2.45) is 0 Å². The Morgan fingerprint density at radius 3 is 1.36 bits per heavy atom. The molecule has 6 unspecified atom stereocenters. The Morgan fingerprint density at radius 1 is 0.500 bits per heavy atom. The molecule has 0 aromatic heterocycles. The molecule has 0 aliphatic heterocycles. The highest BCUT2D eigenvalue weighted by Gasteiger charge is 2.51. The monoisotopic (exact) mass is 957 g/mol. The minimum atomic E-state index is -5.03. The molecule has 1 fully saturated rings. The summed E-state index contributed by atoms with van der Waals surface area (Å²) in [6, 6.07) is 0. The van der Waals surface area contributed by atoms with Crippen molar-refractivity contribution in [1.82, 2.24) is 0 Å². The number of aliphatic hydroxyl groups excluding tert-OH is 5. The molecule has 0 radical (unpaired) electrons. The van der Waals surface area contributed by atoms with Crippen LogP contribution in [0.2, 0.25) is 0 Å². The van der Waals surface area contributed by atoms with E-state index in [1.54, 1.807) is 0 Å². The number of ether oxygens (including phenoxy) is 2. The molecule has 0 heterocycles. The Morgan fingerprint density at radius 2 is 0.894 bits per heavy atom. The predicted octanol–water partition coefficient (Wildman–Crippen LogP) is 12.0. The first-order chi connectivity index (χ1) is 32.0. The summed E-state index contributed by atoms with van der Waals surface area (Å²) in [5.74, 6) is -0.489. The van der Waals surface area contributed by atoms with Gasteiger partial charge >= 0.3 is 13.8 Å². The molecule has 1 saturated carbocycles. The lowest BCUT2D eigenvalue weighted by molar-refractivity contribution is -0.220. The third-order valence-electron chi connectivity index (χ3n) is 12.2. The number of unbranched alkanes of at least 4 members (excludes halogenated alkanes) is 25. The summed E-state index contributed by atoms with van der Waals surface area (Å²) >= 11 is 0. The summed E-state index contributed by atoms with van der Waals surface area (Å²) < 4.78 is 34.3. The van der Waals surface area contributed by atoms with Crippen LogP contribution in [0.1, 0.15) is 219 Å². The van der Waals surface area contributed by atoms with Crippen molar-refractivity contribution in [2.75, 3.05) is 19.8 Å². The molecule has 0 spiro atoms.